The largest absolute Gasteiger partial charge is 0.452 e. The predicted molar refractivity (Wildman–Crippen MR) is 89.4 cm³/mol. The Morgan fingerprint density at radius 1 is 1.12 bits per heavy atom. The first-order valence-corrected chi connectivity index (χ1v) is 9.81. The van der Waals surface area contributed by atoms with Gasteiger partial charge in [0.25, 0.3) is 5.91 Å². The Morgan fingerprint density at radius 3 is 2.17 bits per heavy atom. The number of nitrogens with zero attached hydrogens (tertiary/aromatic N) is 1. The molecule has 0 N–H and O–H groups in total. The van der Waals surface area contributed by atoms with Crippen LogP contribution in [-0.4, -0.2) is 51.1 Å². The van der Waals surface area contributed by atoms with Crippen LogP contribution in [0.3, 0.4) is 0 Å². The second-order valence-corrected chi connectivity index (χ2v) is 8.63. The van der Waals surface area contributed by atoms with Crippen molar-refractivity contribution < 1.29 is 22.7 Å². The molecule has 1 aromatic rings. The van der Waals surface area contributed by atoms with E-state index in [4.69, 9.17) is 4.74 Å². The molecule has 2 rings (SSSR count). The Morgan fingerprint density at radius 2 is 1.67 bits per heavy atom. The zero-order valence-electron chi connectivity index (χ0n) is 14.2. The number of carbonyl (C=O) groups is 2. The highest BCUT2D eigenvalue weighted by Crippen LogP contribution is 2.21. The van der Waals surface area contributed by atoms with Crippen LogP contribution in [0, 0.1) is 11.8 Å². The summed E-state index contributed by atoms with van der Waals surface area (Å²) in [6.45, 7) is 5.27. The first-order chi connectivity index (χ1) is 11.2. The third kappa shape index (κ3) is 4.80. The fraction of sp³-hybridized carbons (Fsp3) is 0.529. The van der Waals surface area contributed by atoms with Crippen molar-refractivity contribution in [2.45, 2.75) is 25.2 Å². The van der Waals surface area contributed by atoms with Gasteiger partial charge >= 0.3 is 5.97 Å². The van der Waals surface area contributed by atoms with E-state index in [0.29, 0.717) is 24.9 Å². The summed E-state index contributed by atoms with van der Waals surface area (Å²) in [6.07, 6.45) is 2.19. The van der Waals surface area contributed by atoms with Crippen LogP contribution in [0.1, 0.15) is 30.6 Å². The van der Waals surface area contributed by atoms with Crippen LogP contribution in [0.25, 0.3) is 0 Å². The van der Waals surface area contributed by atoms with E-state index in [0.717, 1.165) is 12.7 Å². The van der Waals surface area contributed by atoms with Gasteiger partial charge in [0.1, 0.15) is 0 Å². The normalized spacial score (nSPS) is 21.4. The molecule has 1 fully saturated rings. The van der Waals surface area contributed by atoms with Crippen LogP contribution in [0.15, 0.2) is 29.2 Å². The van der Waals surface area contributed by atoms with Gasteiger partial charge in [-0.15, -0.1) is 0 Å². The van der Waals surface area contributed by atoms with Gasteiger partial charge in [-0.3, -0.25) is 4.79 Å². The van der Waals surface area contributed by atoms with Crippen molar-refractivity contribution >= 4 is 21.7 Å². The first kappa shape index (κ1) is 18.4. The van der Waals surface area contributed by atoms with Gasteiger partial charge in [-0.05, 0) is 42.5 Å². The van der Waals surface area contributed by atoms with Gasteiger partial charge in [0.05, 0.1) is 10.5 Å². The lowest BCUT2D eigenvalue weighted by Gasteiger charge is -2.34. The zero-order chi connectivity index (χ0) is 17.9. The molecule has 24 heavy (non-hydrogen) atoms. The van der Waals surface area contributed by atoms with Gasteiger partial charge in [-0.2, -0.15) is 0 Å². The van der Waals surface area contributed by atoms with Gasteiger partial charge in [-0.1, -0.05) is 13.8 Å². The molecular formula is C17H23NO5S. The van der Waals surface area contributed by atoms with Crippen LogP contribution in [0.4, 0.5) is 0 Å². The number of sulfone groups is 1. The van der Waals surface area contributed by atoms with Gasteiger partial charge in [0.15, 0.2) is 16.4 Å². The number of piperidine rings is 1. The minimum absolute atomic E-state index is 0.131. The Hall–Kier alpha value is -1.89. The fourth-order valence-corrected chi connectivity index (χ4v) is 3.64. The molecule has 132 valence electrons. The number of benzene rings is 1. The maximum absolute atomic E-state index is 12.2. The van der Waals surface area contributed by atoms with Crippen molar-refractivity contribution in [1.29, 1.82) is 0 Å². The van der Waals surface area contributed by atoms with E-state index in [2.05, 4.69) is 13.8 Å². The number of hydrogen-bond donors (Lipinski definition) is 0. The number of hydrogen-bond acceptors (Lipinski definition) is 5. The SMILES string of the molecule is C[C@H]1C[C@H](C)CN(C(=O)COC(=O)c2ccc(S(C)(=O)=O)cc2)C1. The van der Waals surface area contributed by atoms with Gasteiger partial charge in [-0.25, -0.2) is 13.2 Å². The number of ether oxygens (including phenoxy) is 1. The maximum Gasteiger partial charge on any atom is 0.338 e. The van der Waals surface area contributed by atoms with E-state index in [1.54, 1.807) is 4.90 Å². The van der Waals surface area contributed by atoms with Crippen LogP contribution in [0.2, 0.25) is 0 Å². The standard InChI is InChI=1S/C17H23NO5S/c1-12-8-13(2)10-18(9-12)16(19)11-23-17(20)14-4-6-15(7-5-14)24(3,21)22/h4-7,12-13H,8-11H2,1-3H3/t12-,13-/m0/s1. The van der Waals surface area contributed by atoms with Crippen molar-refractivity contribution in [3.05, 3.63) is 29.8 Å². The average molecular weight is 353 g/mol. The second-order valence-electron chi connectivity index (χ2n) is 6.62. The Labute approximate surface area is 142 Å². The minimum atomic E-state index is -3.31. The van der Waals surface area contributed by atoms with Crippen LogP contribution in [-0.2, 0) is 19.4 Å². The molecule has 2 atom stereocenters. The lowest BCUT2D eigenvalue weighted by atomic mass is 9.92. The van der Waals surface area contributed by atoms with E-state index in [9.17, 15) is 18.0 Å². The Kier molecular flexibility index (Phi) is 5.64. The van der Waals surface area contributed by atoms with Crippen LogP contribution < -0.4 is 0 Å². The molecule has 0 aromatic heterocycles. The lowest BCUT2D eigenvalue weighted by molar-refractivity contribution is -0.137. The van der Waals surface area contributed by atoms with Gasteiger partial charge in [0.2, 0.25) is 0 Å². The molecular weight excluding hydrogens is 330 g/mol. The van der Waals surface area contributed by atoms with Gasteiger partial charge in [0, 0.05) is 19.3 Å². The fourth-order valence-electron chi connectivity index (χ4n) is 3.01. The quantitative estimate of drug-likeness (QED) is 0.771. The summed E-state index contributed by atoms with van der Waals surface area (Å²) in [5, 5.41) is 0. The second kappa shape index (κ2) is 7.34. The number of amides is 1. The third-order valence-electron chi connectivity index (χ3n) is 4.07. The molecule has 0 bridgehead atoms. The van der Waals surface area contributed by atoms with Crippen molar-refractivity contribution in [2.75, 3.05) is 26.0 Å². The number of esters is 1. The highest BCUT2D eigenvalue weighted by Gasteiger charge is 2.26. The molecule has 0 aliphatic carbocycles. The zero-order valence-corrected chi connectivity index (χ0v) is 15.0. The van der Waals surface area contributed by atoms with E-state index in [1.807, 2.05) is 0 Å². The predicted octanol–water partition coefficient (Wildman–Crippen LogP) is 1.75. The number of rotatable bonds is 4. The summed E-state index contributed by atoms with van der Waals surface area (Å²) in [4.78, 5) is 26.0. The molecule has 1 amide bonds. The smallest absolute Gasteiger partial charge is 0.338 e. The van der Waals surface area contributed by atoms with E-state index in [-0.39, 0.29) is 23.0 Å². The van der Waals surface area contributed by atoms with Gasteiger partial charge < -0.3 is 9.64 Å². The Bertz CT molecular complexity index is 701. The molecule has 1 aliphatic rings. The number of likely N-dealkylation sites (tertiary alicyclic amines) is 1. The molecule has 0 unspecified atom stereocenters. The topological polar surface area (TPSA) is 80.8 Å². The monoisotopic (exact) mass is 353 g/mol. The summed E-state index contributed by atoms with van der Waals surface area (Å²) < 4.78 is 27.8. The maximum atomic E-state index is 12.2. The molecule has 6 nitrogen and oxygen atoms in total. The molecule has 1 aromatic carbocycles. The summed E-state index contributed by atoms with van der Waals surface area (Å²) in [7, 11) is -3.31. The summed E-state index contributed by atoms with van der Waals surface area (Å²) in [5.74, 6) is 0.0462. The van der Waals surface area contributed by atoms with Crippen LogP contribution in [0.5, 0.6) is 0 Å². The summed E-state index contributed by atoms with van der Waals surface area (Å²) >= 11 is 0. The summed E-state index contributed by atoms with van der Waals surface area (Å²) in [5.41, 5.74) is 0.218. The molecule has 0 saturated carbocycles. The molecule has 1 saturated heterocycles. The average Bonchev–Trinajstić information content (AvgIpc) is 2.50. The van der Waals surface area contributed by atoms with Crippen molar-refractivity contribution in [3.8, 4) is 0 Å². The molecule has 0 spiro atoms. The van der Waals surface area contributed by atoms with E-state index in [1.165, 1.54) is 24.3 Å². The van der Waals surface area contributed by atoms with Crippen molar-refractivity contribution in [3.63, 3.8) is 0 Å². The van der Waals surface area contributed by atoms with Crippen molar-refractivity contribution in [1.82, 2.24) is 4.90 Å². The number of carbonyl (C=O) groups excluding carboxylic acids is 2. The molecule has 1 heterocycles. The lowest BCUT2D eigenvalue weighted by Crippen LogP contribution is -2.44. The highest BCUT2D eigenvalue weighted by molar-refractivity contribution is 7.90. The van der Waals surface area contributed by atoms with Crippen LogP contribution >= 0.6 is 0 Å². The minimum Gasteiger partial charge on any atom is -0.452 e. The highest BCUT2D eigenvalue weighted by atomic mass is 32.2. The Balaban J connectivity index is 1.92. The third-order valence-corrected chi connectivity index (χ3v) is 5.19. The molecule has 7 heteroatoms. The van der Waals surface area contributed by atoms with E-state index < -0.39 is 15.8 Å². The van der Waals surface area contributed by atoms with E-state index >= 15 is 0 Å². The molecule has 1 aliphatic heterocycles. The summed E-state index contributed by atoms with van der Waals surface area (Å²) in [6, 6.07) is 5.46. The first-order valence-electron chi connectivity index (χ1n) is 7.92. The van der Waals surface area contributed by atoms with Crippen molar-refractivity contribution in [2.24, 2.45) is 11.8 Å². The molecule has 0 radical (unpaired) electrons.